The largest absolute Gasteiger partial charge is 0.508 e. The molecular weight excluding hydrogens is 583 g/mol. The number of hydrogen-bond acceptors (Lipinski definition) is 9. The molecule has 11 heteroatoms. The molecule has 236 valence electrons. The van der Waals surface area contributed by atoms with Crippen LogP contribution in [0.1, 0.15) is 42.4 Å². The Balaban J connectivity index is 1.21. The molecule has 3 aliphatic heterocycles. The number of nitrogens with zero attached hydrogens (tertiary/aromatic N) is 6. The second-order valence-electron chi connectivity index (χ2n) is 13.4. The first kappa shape index (κ1) is 29.0. The topological polar surface area (TPSA) is 114 Å². The zero-order chi connectivity index (χ0) is 31.4. The van der Waals surface area contributed by atoms with Gasteiger partial charge in [-0.3, -0.25) is 4.90 Å². The normalized spacial score (nSPS) is 22.2. The number of fused-ring (bicyclic) bond motifs is 4. The minimum Gasteiger partial charge on any atom is -0.508 e. The first-order chi connectivity index (χ1) is 22.4. The van der Waals surface area contributed by atoms with Crippen molar-refractivity contribution in [2.75, 3.05) is 62.7 Å². The van der Waals surface area contributed by atoms with Gasteiger partial charge in [0.15, 0.2) is 11.6 Å². The van der Waals surface area contributed by atoms with Gasteiger partial charge in [0.1, 0.15) is 28.7 Å². The molecule has 2 unspecified atom stereocenters. The number of hydrogen-bond donors (Lipinski definition) is 3. The number of aromatic hydroxyl groups is 1. The van der Waals surface area contributed by atoms with E-state index in [1.54, 1.807) is 24.5 Å². The van der Waals surface area contributed by atoms with Crippen molar-refractivity contribution in [2.24, 2.45) is 5.41 Å². The molecular formula is C35H37FN8O2. The van der Waals surface area contributed by atoms with E-state index in [9.17, 15) is 14.8 Å². The maximum Gasteiger partial charge on any atom is 0.156 e. The summed E-state index contributed by atoms with van der Waals surface area (Å²) in [7, 11) is 0. The van der Waals surface area contributed by atoms with E-state index >= 15 is 0 Å². The van der Waals surface area contributed by atoms with Crippen molar-refractivity contribution in [1.82, 2.24) is 24.8 Å². The molecule has 0 radical (unpaired) electrons. The molecule has 2 atom stereocenters. The predicted molar refractivity (Wildman–Crippen MR) is 174 cm³/mol. The molecule has 0 amide bonds. The van der Waals surface area contributed by atoms with Gasteiger partial charge in [0.05, 0.1) is 30.6 Å². The Hall–Kier alpha value is -4.42. The number of pyridine rings is 1. The molecule has 2 bridgehead atoms. The van der Waals surface area contributed by atoms with Crippen molar-refractivity contribution in [3.63, 3.8) is 0 Å². The lowest BCUT2D eigenvalue weighted by molar-refractivity contribution is 0.0294. The fraction of sp³-hybridized carbons (Fsp3) is 0.457. The van der Waals surface area contributed by atoms with Gasteiger partial charge >= 0.3 is 0 Å². The minimum atomic E-state index is -0.493. The highest BCUT2D eigenvalue weighted by molar-refractivity contribution is 5.95. The van der Waals surface area contributed by atoms with Crippen molar-refractivity contribution in [3.05, 3.63) is 53.1 Å². The standard InChI is InChI=1S/C35H37FN8O2/c1-2-27-29(36)6-3-22-13-26(45)14-23(30(22)27)16-44-21-39-31-32(44)28(15-37)34(43-17-24-4-5-25(18-43)40-24)41-33(31)38-19-35(7-8-35)20-42-9-11-46-12-10-42/h1,3,6,13-14,21,24-25,40,45H,4-5,7-12,16-20H2,(H,38,41). The van der Waals surface area contributed by atoms with Gasteiger partial charge in [-0.2, -0.15) is 5.26 Å². The van der Waals surface area contributed by atoms with Crippen molar-refractivity contribution in [1.29, 1.82) is 5.26 Å². The number of morpholine rings is 1. The zero-order valence-electron chi connectivity index (χ0n) is 25.7. The van der Waals surface area contributed by atoms with Gasteiger partial charge < -0.3 is 29.9 Å². The number of terminal acetylenes is 1. The number of nitriles is 1. The van der Waals surface area contributed by atoms with Crippen LogP contribution in [0.15, 0.2) is 30.6 Å². The summed E-state index contributed by atoms with van der Waals surface area (Å²) in [5.41, 5.74) is 2.70. The third-order valence-electron chi connectivity index (χ3n) is 10.2. The summed E-state index contributed by atoms with van der Waals surface area (Å²) in [6.07, 6.45) is 12.0. The van der Waals surface area contributed by atoms with E-state index in [4.69, 9.17) is 21.1 Å². The number of benzene rings is 2. The molecule has 8 rings (SSSR count). The fourth-order valence-corrected chi connectivity index (χ4v) is 7.72. The molecule has 1 saturated carbocycles. The number of ether oxygens (including phenoxy) is 1. The van der Waals surface area contributed by atoms with Crippen molar-refractivity contribution >= 4 is 33.4 Å². The van der Waals surface area contributed by atoms with Gasteiger partial charge in [0, 0.05) is 68.7 Å². The molecule has 46 heavy (non-hydrogen) atoms. The number of rotatable bonds is 8. The van der Waals surface area contributed by atoms with Crippen molar-refractivity contribution in [2.45, 2.75) is 44.3 Å². The number of imidazole rings is 1. The number of anilines is 2. The maximum atomic E-state index is 14.9. The van der Waals surface area contributed by atoms with Crippen LogP contribution in [0, 0.1) is 34.9 Å². The highest BCUT2D eigenvalue weighted by Crippen LogP contribution is 2.47. The molecule has 1 aliphatic carbocycles. The molecule has 2 aromatic carbocycles. The lowest BCUT2D eigenvalue weighted by Gasteiger charge is -2.34. The molecule has 3 saturated heterocycles. The maximum absolute atomic E-state index is 14.9. The number of nitrogens with one attached hydrogen (secondary N) is 2. The lowest BCUT2D eigenvalue weighted by atomic mass is 9.98. The quantitative estimate of drug-likeness (QED) is 0.253. The van der Waals surface area contributed by atoms with E-state index in [2.05, 4.69) is 32.4 Å². The Bertz CT molecular complexity index is 1900. The van der Waals surface area contributed by atoms with Crippen LogP contribution in [0.5, 0.6) is 5.75 Å². The van der Waals surface area contributed by atoms with Gasteiger partial charge in [0.25, 0.3) is 0 Å². The number of piperazine rings is 1. The number of aromatic nitrogens is 3. The number of phenols is 1. The first-order valence-electron chi connectivity index (χ1n) is 16.2. The number of phenolic OH excluding ortho intramolecular Hbond substituents is 1. The highest BCUT2D eigenvalue weighted by Gasteiger charge is 2.44. The average molecular weight is 621 g/mol. The Kier molecular flexibility index (Phi) is 7.21. The molecule has 4 fully saturated rings. The minimum absolute atomic E-state index is 0.0537. The summed E-state index contributed by atoms with van der Waals surface area (Å²) in [4.78, 5) is 14.7. The first-order valence-corrected chi connectivity index (χ1v) is 16.2. The summed E-state index contributed by atoms with van der Waals surface area (Å²) in [6, 6.07) is 9.33. The summed E-state index contributed by atoms with van der Waals surface area (Å²) in [6.45, 7) is 7.03. The molecule has 3 N–H and O–H groups in total. The van der Waals surface area contributed by atoms with E-state index in [1.807, 2.05) is 4.57 Å². The predicted octanol–water partition coefficient (Wildman–Crippen LogP) is 3.80. The van der Waals surface area contributed by atoms with Gasteiger partial charge in [-0.25, -0.2) is 14.4 Å². The third-order valence-corrected chi connectivity index (χ3v) is 10.2. The molecule has 4 aromatic rings. The summed E-state index contributed by atoms with van der Waals surface area (Å²) in [5, 5.41) is 29.8. The van der Waals surface area contributed by atoms with Crippen molar-refractivity contribution < 1.29 is 14.2 Å². The van der Waals surface area contributed by atoms with E-state index in [0.29, 0.717) is 56.7 Å². The van der Waals surface area contributed by atoms with E-state index in [0.717, 1.165) is 78.2 Å². The lowest BCUT2D eigenvalue weighted by Crippen LogP contribution is -2.51. The van der Waals surface area contributed by atoms with E-state index in [-0.39, 0.29) is 23.3 Å². The number of halogens is 1. The smallest absolute Gasteiger partial charge is 0.156 e. The zero-order valence-corrected chi connectivity index (χ0v) is 25.7. The van der Waals surface area contributed by atoms with Crippen LogP contribution in [0.2, 0.25) is 0 Å². The Morgan fingerprint density at radius 1 is 1.15 bits per heavy atom. The molecule has 10 nitrogen and oxygen atoms in total. The van der Waals surface area contributed by atoms with Crippen LogP contribution in [0.3, 0.4) is 0 Å². The highest BCUT2D eigenvalue weighted by atomic mass is 19.1. The Labute approximate surface area is 267 Å². The van der Waals surface area contributed by atoms with Crippen LogP contribution in [-0.4, -0.2) is 89.1 Å². The summed E-state index contributed by atoms with van der Waals surface area (Å²) in [5.74, 6) is 3.39. The van der Waals surface area contributed by atoms with Crippen LogP contribution in [-0.2, 0) is 11.3 Å². The second-order valence-corrected chi connectivity index (χ2v) is 13.4. The Morgan fingerprint density at radius 2 is 1.93 bits per heavy atom. The van der Waals surface area contributed by atoms with Crippen LogP contribution < -0.4 is 15.5 Å². The molecule has 4 aliphatic rings. The fourth-order valence-electron chi connectivity index (χ4n) is 7.72. The molecule has 2 aromatic heterocycles. The summed E-state index contributed by atoms with van der Waals surface area (Å²) < 4.78 is 22.3. The van der Waals surface area contributed by atoms with Gasteiger partial charge in [-0.05, 0) is 54.8 Å². The second kappa shape index (κ2) is 11.4. The van der Waals surface area contributed by atoms with E-state index in [1.165, 1.54) is 6.07 Å². The van der Waals surface area contributed by atoms with Crippen LogP contribution >= 0.6 is 0 Å². The van der Waals surface area contributed by atoms with Gasteiger partial charge in [0.2, 0.25) is 0 Å². The molecule has 0 spiro atoms. The van der Waals surface area contributed by atoms with Crippen LogP contribution in [0.4, 0.5) is 16.0 Å². The monoisotopic (exact) mass is 620 g/mol. The van der Waals surface area contributed by atoms with Gasteiger partial charge in [-0.1, -0.05) is 12.0 Å². The molecule has 5 heterocycles. The third kappa shape index (κ3) is 5.19. The SMILES string of the molecule is C#Cc1c(F)ccc2cc(O)cc(Cn3cnc4c(NCC5(CN6CCOCC6)CC5)nc(N5CC6CCC(C5)N6)c(C#N)c43)c12. The van der Waals surface area contributed by atoms with Crippen molar-refractivity contribution in [3.8, 4) is 24.2 Å². The van der Waals surface area contributed by atoms with Gasteiger partial charge in [-0.15, -0.1) is 6.42 Å². The van der Waals surface area contributed by atoms with Crippen LogP contribution in [0.25, 0.3) is 21.8 Å². The average Bonchev–Trinajstić information content (AvgIpc) is 3.57. The summed E-state index contributed by atoms with van der Waals surface area (Å²) >= 11 is 0. The Morgan fingerprint density at radius 3 is 2.65 bits per heavy atom. The van der Waals surface area contributed by atoms with E-state index < -0.39 is 5.82 Å².